The van der Waals surface area contributed by atoms with Crippen LogP contribution in [0.1, 0.15) is 16.1 Å². The molecule has 0 aromatic carbocycles. The van der Waals surface area contributed by atoms with Gasteiger partial charge in [0.05, 0.1) is 11.9 Å². The number of carboxylic acid groups (broad SMARTS) is 1. The Balaban J connectivity index is 1.86. The molecule has 20 heavy (non-hydrogen) atoms. The molecule has 7 heteroatoms. The van der Waals surface area contributed by atoms with Crippen molar-refractivity contribution in [3.05, 3.63) is 17.5 Å². The Morgan fingerprint density at radius 3 is 2.85 bits per heavy atom. The molecule has 1 aliphatic rings. The highest BCUT2D eigenvalue weighted by Crippen LogP contribution is 2.10. The molecule has 7 nitrogen and oxygen atoms in total. The Morgan fingerprint density at radius 1 is 1.50 bits per heavy atom. The summed E-state index contributed by atoms with van der Waals surface area (Å²) in [5, 5.41) is 16.5. The number of nitrogens with one attached hydrogen (secondary N) is 1. The second-order valence-electron chi connectivity index (χ2n) is 5.26. The summed E-state index contributed by atoms with van der Waals surface area (Å²) in [5.74, 6) is -0.913. The fraction of sp³-hybridized carbons (Fsp3) is 0.692. The highest BCUT2D eigenvalue weighted by atomic mass is 16.4. The Hall–Kier alpha value is -1.44. The molecule has 0 saturated carbocycles. The van der Waals surface area contributed by atoms with Gasteiger partial charge in [-0.25, -0.2) is 4.79 Å². The van der Waals surface area contributed by atoms with Crippen molar-refractivity contribution < 1.29 is 9.90 Å². The third-order valence-corrected chi connectivity index (χ3v) is 3.72. The van der Waals surface area contributed by atoms with Gasteiger partial charge in [0.1, 0.15) is 5.56 Å². The first-order valence-electron chi connectivity index (χ1n) is 6.93. The van der Waals surface area contributed by atoms with Crippen molar-refractivity contribution in [1.82, 2.24) is 24.9 Å². The summed E-state index contributed by atoms with van der Waals surface area (Å²) in [6, 6.07) is 0. The first-order chi connectivity index (χ1) is 9.58. The highest BCUT2D eigenvalue weighted by Gasteiger charge is 2.17. The lowest BCUT2D eigenvalue weighted by molar-refractivity contribution is 0.0694. The minimum absolute atomic E-state index is 0.293. The van der Waals surface area contributed by atoms with Gasteiger partial charge >= 0.3 is 5.97 Å². The lowest BCUT2D eigenvalue weighted by Crippen LogP contribution is -2.45. The molecule has 2 heterocycles. The van der Waals surface area contributed by atoms with E-state index in [1.54, 1.807) is 11.7 Å². The third kappa shape index (κ3) is 3.78. The van der Waals surface area contributed by atoms with Gasteiger partial charge in [-0.1, -0.05) is 0 Å². The Labute approximate surface area is 119 Å². The average molecular weight is 281 g/mol. The molecule has 0 unspecified atom stereocenters. The number of aromatic carboxylic acids is 1. The van der Waals surface area contributed by atoms with Gasteiger partial charge in [0.25, 0.3) is 0 Å². The number of piperazine rings is 1. The summed E-state index contributed by atoms with van der Waals surface area (Å²) in [5.41, 5.74) is 1.04. The molecule has 2 N–H and O–H groups in total. The summed E-state index contributed by atoms with van der Waals surface area (Å²) >= 11 is 0. The van der Waals surface area contributed by atoms with E-state index in [4.69, 9.17) is 5.11 Å². The van der Waals surface area contributed by atoms with Crippen molar-refractivity contribution in [2.75, 3.05) is 46.3 Å². The van der Waals surface area contributed by atoms with Crippen LogP contribution in [0.3, 0.4) is 0 Å². The van der Waals surface area contributed by atoms with Gasteiger partial charge in [0.2, 0.25) is 0 Å². The topological polar surface area (TPSA) is 73.6 Å². The van der Waals surface area contributed by atoms with E-state index in [1.807, 2.05) is 7.05 Å². The molecule has 1 aromatic heterocycles. The second kappa shape index (κ2) is 6.83. The lowest BCUT2D eigenvalue weighted by Gasteiger charge is -2.29. The fourth-order valence-electron chi connectivity index (χ4n) is 2.41. The number of aromatic nitrogens is 2. The van der Waals surface area contributed by atoms with Crippen molar-refractivity contribution in [3.8, 4) is 0 Å². The van der Waals surface area contributed by atoms with Crippen LogP contribution >= 0.6 is 0 Å². The molecular weight excluding hydrogens is 258 g/mol. The molecule has 0 aliphatic carbocycles. The first-order valence-corrected chi connectivity index (χ1v) is 6.93. The summed E-state index contributed by atoms with van der Waals surface area (Å²) in [6.07, 6.45) is 1.42. The molecular formula is C13H23N5O2. The molecule has 0 bridgehead atoms. The molecule has 0 spiro atoms. The Kier molecular flexibility index (Phi) is 5.11. The van der Waals surface area contributed by atoms with Crippen molar-refractivity contribution in [3.63, 3.8) is 0 Å². The largest absolute Gasteiger partial charge is 0.478 e. The maximum absolute atomic E-state index is 11.1. The number of carbonyl (C=O) groups is 1. The SMILES string of the molecule is CN(CCN1CCNCC1)Cc1c(C(=O)O)cnn1C. The van der Waals surface area contributed by atoms with Crippen LogP contribution in [0.15, 0.2) is 6.20 Å². The van der Waals surface area contributed by atoms with Gasteiger partial charge in [0, 0.05) is 52.9 Å². The van der Waals surface area contributed by atoms with E-state index in [0.717, 1.165) is 45.0 Å². The molecule has 0 amide bonds. The number of rotatable bonds is 6. The summed E-state index contributed by atoms with van der Waals surface area (Å²) < 4.78 is 1.64. The molecule has 0 radical (unpaired) electrons. The normalized spacial score (nSPS) is 16.8. The summed E-state index contributed by atoms with van der Waals surface area (Å²) in [4.78, 5) is 15.7. The highest BCUT2D eigenvalue weighted by molar-refractivity contribution is 5.88. The maximum atomic E-state index is 11.1. The first kappa shape index (κ1) is 15.0. The molecule has 1 aliphatic heterocycles. The number of hydrogen-bond donors (Lipinski definition) is 2. The third-order valence-electron chi connectivity index (χ3n) is 3.72. The van der Waals surface area contributed by atoms with E-state index in [2.05, 4.69) is 20.2 Å². The Morgan fingerprint density at radius 2 is 2.20 bits per heavy atom. The number of aryl methyl sites for hydroxylation is 1. The van der Waals surface area contributed by atoms with Crippen molar-refractivity contribution in [2.24, 2.45) is 7.05 Å². The van der Waals surface area contributed by atoms with Crippen LogP contribution in [0.2, 0.25) is 0 Å². The zero-order chi connectivity index (χ0) is 14.5. The van der Waals surface area contributed by atoms with Gasteiger partial charge in [-0.15, -0.1) is 0 Å². The van der Waals surface area contributed by atoms with Crippen LogP contribution in [0.25, 0.3) is 0 Å². The van der Waals surface area contributed by atoms with E-state index in [9.17, 15) is 4.79 Å². The van der Waals surface area contributed by atoms with Gasteiger partial charge in [-0.3, -0.25) is 14.5 Å². The standard InChI is InChI=1S/C13H23N5O2/c1-16(7-8-18-5-3-14-4-6-18)10-12-11(13(19)20)9-15-17(12)2/h9,14H,3-8,10H2,1-2H3,(H,19,20). The predicted molar refractivity (Wildman–Crippen MR) is 75.8 cm³/mol. The average Bonchev–Trinajstić information content (AvgIpc) is 2.79. The van der Waals surface area contributed by atoms with E-state index in [-0.39, 0.29) is 0 Å². The van der Waals surface area contributed by atoms with Crippen molar-refractivity contribution in [2.45, 2.75) is 6.54 Å². The van der Waals surface area contributed by atoms with Crippen LogP contribution in [0.4, 0.5) is 0 Å². The fourth-order valence-corrected chi connectivity index (χ4v) is 2.41. The molecule has 1 fully saturated rings. The minimum Gasteiger partial charge on any atom is -0.478 e. The number of likely N-dealkylation sites (N-methyl/N-ethyl adjacent to an activating group) is 1. The van der Waals surface area contributed by atoms with Crippen molar-refractivity contribution in [1.29, 1.82) is 0 Å². The van der Waals surface area contributed by atoms with Crippen LogP contribution in [0, 0.1) is 0 Å². The minimum atomic E-state index is -0.913. The van der Waals surface area contributed by atoms with Crippen LogP contribution in [-0.2, 0) is 13.6 Å². The Bertz CT molecular complexity index is 454. The van der Waals surface area contributed by atoms with Gasteiger partial charge in [-0.2, -0.15) is 5.10 Å². The van der Waals surface area contributed by atoms with E-state index in [1.165, 1.54) is 6.20 Å². The zero-order valence-electron chi connectivity index (χ0n) is 12.2. The smallest absolute Gasteiger partial charge is 0.339 e. The molecule has 1 saturated heterocycles. The summed E-state index contributed by atoms with van der Waals surface area (Å²) in [6.45, 7) is 6.80. The predicted octanol–water partition coefficient (Wildman–Crippen LogP) is -0.545. The molecule has 1 aromatic rings. The lowest BCUT2D eigenvalue weighted by atomic mass is 10.2. The molecule has 2 rings (SSSR count). The van der Waals surface area contributed by atoms with Gasteiger partial charge in [-0.05, 0) is 7.05 Å². The van der Waals surface area contributed by atoms with Crippen LogP contribution < -0.4 is 5.32 Å². The van der Waals surface area contributed by atoms with Crippen molar-refractivity contribution >= 4 is 5.97 Å². The van der Waals surface area contributed by atoms with Gasteiger partial charge in [0.15, 0.2) is 0 Å². The van der Waals surface area contributed by atoms with E-state index < -0.39 is 5.97 Å². The monoisotopic (exact) mass is 281 g/mol. The number of carboxylic acids is 1. The quantitative estimate of drug-likeness (QED) is 0.729. The summed E-state index contributed by atoms with van der Waals surface area (Å²) in [7, 11) is 3.80. The van der Waals surface area contributed by atoms with E-state index in [0.29, 0.717) is 12.1 Å². The number of nitrogens with zero attached hydrogens (tertiary/aromatic N) is 4. The zero-order valence-corrected chi connectivity index (χ0v) is 12.2. The maximum Gasteiger partial charge on any atom is 0.339 e. The molecule has 112 valence electrons. The van der Waals surface area contributed by atoms with Crippen LogP contribution in [-0.4, -0.2) is 77.0 Å². The second-order valence-corrected chi connectivity index (χ2v) is 5.26. The molecule has 0 atom stereocenters. The van der Waals surface area contributed by atoms with Crippen LogP contribution in [0.5, 0.6) is 0 Å². The van der Waals surface area contributed by atoms with E-state index >= 15 is 0 Å². The number of hydrogen-bond acceptors (Lipinski definition) is 5. The van der Waals surface area contributed by atoms with Gasteiger partial charge < -0.3 is 10.4 Å².